The van der Waals surface area contributed by atoms with Gasteiger partial charge in [0.2, 0.25) is 0 Å². The van der Waals surface area contributed by atoms with Crippen LogP contribution in [0.25, 0.3) is 0 Å². The van der Waals surface area contributed by atoms with Gasteiger partial charge in [0.05, 0.1) is 11.9 Å². The predicted molar refractivity (Wildman–Crippen MR) is 71.1 cm³/mol. The van der Waals surface area contributed by atoms with Gasteiger partial charge in [0.1, 0.15) is 4.47 Å². The van der Waals surface area contributed by atoms with Gasteiger partial charge in [0.15, 0.2) is 0 Å². The largest absolute Gasteiger partial charge is 0.381 e. The third kappa shape index (κ3) is 2.60. The fraction of sp³-hybridized carbons (Fsp3) is 0.600. The van der Waals surface area contributed by atoms with E-state index >= 15 is 0 Å². The molecule has 0 amide bonds. The topological polar surface area (TPSA) is 57.8 Å². The highest BCUT2D eigenvalue weighted by atomic mass is 79.9. The highest BCUT2D eigenvalue weighted by Gasteiger charge is 2.29. The quantitative estimate of drug-likeness (QED) is 0.899. The Balaban J connectivity index is 2.04. The lowest BCUT2D eigenvalue weighted by molar-refractivity contribution is 0.634. The number of H-pyrrole nitrogens is 1. The number of aromatic nitrogens is 2. The highest BCUT2D eigenvalue weighted by molar-refractivity contribution is 9.10. The van der Waals surface area contributed by atoms with Gasteiger partial charge in [0, 0.05) is 11.3 Å². The van der Waals surface area contributed by atoms with Crippen LogP contribution in [0.4, 0.5) is 5.69 Å². The maximum absolute atomic E-state index is 11.3. The normalized spacial score (nSPS) is 24.6. The molecule has 1 fully saturated rings. The molecule has 6 heteroatoms. The van der Waals surface area contributed by atoms with E-state index in [0.717, 1.165) is 12.2 Å². The van der Waals surface area contributed by atoms with Crippen molar-refractivity contribution in [2.45, 2.75) is 24.5 Å². The summed E-state index contributed by atoms with van der Waals surface area (Å²) in [6.07, 6.45) is 4.13. The fourth-order valence-corrected chi connectivity index (χ4v) is 3.34. The van der Waals surface area contributed by atoms with Crippen molar-refractivity contribution in [3.05, 3.63) is 21.0 Å². The maximum atomic E-state index is 11.3. The molecule has 1 aromatic rings. The van der Waals surface area contributed by atoms with Crippen molar-refractivity contribution >= 4 is 33.4 Å². The van der Waals surface area contributed by atoms with Crippen LogP contribution in [0.1, 0.15) is 19.8 Å². The molecule has 2 rings (SSSR count). The Labute approximate surface area is 107 Å². The Kier molecular flexibility index (Phi) is 3.59. The average molecular weight is 304 g/mol. The van der Waals surface area contributed by atoms with Crippen molar-refractivity contribution in [2.24, 2.45) is 0 Å². The summed E-state index contributed by atoms with van der Waals surface area (Å²) in [7, 11) is 0. The minimum Gasteiger partial charge on any atom is -0.381 e. The summed E-state index contributed by atoms with van der Waals surface area (Å²) in [5, 5.41) is 9.44. The predicted octanol–water partition coefficient (Wildman–Crippen LogP) is 2.23. The zero-order chi connectivity index (χ0) is 11.6. The smallest absolute Gasteiger partial charge is 0.280 e. The standard InChI is InChI=1S/C10H14BrN3OS/c1-10(3-2-4-16-10)6-12-7-5-13-14-9(15)8(7)11/h5H,2-4,6H2,1H3,(H2,12,14,15). The van der Waals surface area contributed by atoms with E-state index in [0.29, 0.717) is 4.47 Å². The molecule has 88 valence electrons. The van der Waals surface area contributed by atoms with Gasteiger partial charge in [-0.1, -0.05) is 0 Å². The third-order valence-electron chi connectivity index (χ3n) is 2.75. The molecule has 0 aromatic carbocycles. The molecular weight excluding hydrogens is 290 g/mol. The van der Waals surface area contributed by atoms with Crippen LogP contribution < -0.4 is 10.9 Å². The van der Waals surface area contributed by atoms with E-state index in [4.69, 9.17) is 0 Å². The minimum atomic E-state index is -0.200. The van der Waals surface area contributed by atoms with E-state index in [1.165, 1.54) is 18.6 Å². The van der Waals surface area contributed by atoms with Crippen molar-refractivity contribution in [3.63, 3.8) is 0 Å². The lowest BCUT2D eigenvalue weighted by Crippen LogP contribution is -2.28. The van der Waals surface area contributed by atoms with Crippen LogP contribution in [0.15, 0.2) is 15.5 Å². The van der Waals surface area contributed by atoms with E-state index in [2.05, 4.69) is 38.4 Å². The number of nitrogens with zero attached hydrogens (tertiary/aromatic N) is 1. The monoisotopic (exact) mass is 303 g/mol. The van der Waals surface area contributed by atoms with Crippen LogP contribution in [0.3, 0.4) is 0 Å². The summed E-state index contributed by atoms with van der Waals surface area (Å²) in [6.45, 7) is 3.12. The molecule has 0 aliphatic carbocycles. The first-order valence-corrected chi connectivity index (χ1v) is 7.00. The molecule has 0 saturated carbocycles. The molecule has 1 aromatic heterocycles. The van der Waals surface area contributed by atoms with Crippen molar-refractivity contribution in [2.75, 3.05) is 17.6 Å². The van der Waals surface area contributed by atoms with E-state index < -0.39 is 0 Å². The molecule has 1 unspecified atom stereocenters. The lowest BCUT2D eigenvalue weighted by Gasteiger charge is -2.23. The van der Waals surface area contributed by atoms with Gasteiger partial charge in [-0.2, -0.15) is 16.9 Å². The van der Waals surface area contributed by atoms with E-state index in [1.807, 2.05) is 11.8 Å². The van der Waals surface area contributed by atoms with E-state index in [9.17, 15) is 4.79 Å². The molecule has 0 spiro atoms. The maximum Gasteiger partial charge on any atom is 0.280 e. The summed E-state index contributed by atoms with van der Waals surface area (Å²) >= 11 is 5.24. The Morgan fingerprint density at radius 1 is 1.75 bits per heavy atom. The molecule has 4 nitrogen and oxygen atoms in total. The second kappa shape index (κ2) is 4.79. The Morgan fingerprint density at radius 3 is 3.25 bits per heavy atom. The summed E-state index contributed by atoms with van der Waals surface area (Å²) in [5.41, 5.74) is 0.562. The van der Waals surface area contributed by atoms with Gasteiger partial charge < -0.3 is 5.32 Å². The van der Waals surface area contributed by atoms with Crippen molar-refractivity contribution in [1.29, 1.82) is 0 Å². The van der Waals surface area contributed by atoms with Crippen LogP contribution in [-0.4, -0.2) is 27.2 Å². The molecular formula is C10H14BrN3OS. The zero-order valence-electron chi connectivity index (χ0n) is 9.05. The number of aromatic amines is 1. The van der Waals surface area contributed by atoms with Gasteiger partial charge in [-0.15, -0.1) is 0 Å². The van der Waals surface area contributed by atoms with Gasteiger partial charge in [-0.25, -0.2) is 5.10 Å². The number of nitrogens with one attached hydrogen (secondary N) is 2. The van der Waals surface area contributed by atoms with Crippen molar-refractivity contribution in [3.8, 4) is 0 Å². The summed E-state index contributed by atoms with van der Waals surface area (Å²) in [5.74, 6) is 1.23. The third-order valence-corrected chi connectivity index (χ3v) is 5.07. The first-order valence-electron chi connectivity index (χ1n) is 5.22. The van der Waals surface area contributed by atoms with Gasteiger partial charge in [0.25, 0.3) is 5.56 Å². The summed E-state index contributed by atoms with van der Waals surface area (Å²) < 4.78 is 0.802. The van der Waals surface area contributed by atoms with Crippen LogP contribution in [0.5, 0.6) is 0 Å². The SMILES string of the molecule is CC1(CNc2cn[nH]c(=O)c2Br)CCCS1. The molecule has 2 N–H and O–H groups in total. The van der Waals surface area contributed by atoms with Crippen molar-refractivity contribution < 1.29 is 0 Å². The number of hydrogen-bond donors (Lipinski definition) is 2. The van der Waals surface area contributed by atoms with Crippen LogP contribution >= 0.6 is 27.7 Å². The summed E-state index contributed by atoms with van der Waals surface area (Å²) in [4.78, 5) is 11.3. The second-order valence-electron chi connectivity index (χ2n) is 4.18. The first kappa shape index (κ1) is 12.0. The molecule has 2 heterocycles. The molecule has 1 atom stereocenters. The lowest BCUT2D eigenvalue weighted by atomic mass is 10.1. The molecule has 1 saturated heterocycles. The van der Waals surface area contributed by atoms with E-state index in [-0.39, 0.29) is 10.3 Å². The Bertz CT molecular complexity index is 428. The number of rotatable bonds is 3. The fourth-order valence-electron chi connectivity index (χ4n) is 1.77. The average Bonchev–Trinajstić information content (AvgIpc) is 2.68. The Morgan fingerprint density at radius 2 is 2.56 bits per heavy atom. The highest BCUT2D eigenvalue weighted by Crippen LogP contribution is 2.37. The van der Waals surface area contributed by atoms with E-state index in [1.54, 1.807) is 6.20 Å². The molecule has 1 aliphatic heterocycles. The van der Waals surface area contributed by atoms with Crippen LogP contribution in [0, 0.1) is 0 Å². The number of hydrogen-bond acceptors (Lipinski definition) is 4. The number of anilines is 1. The van der Waals surface area contributed by atoms with Gasteiger partial charge in [-0.3, -0.25) is 4.79 Å². The molecule has 1 aliphatic rings. The second-order valence-corrected chi connectivity index (χ2v) is 6.66. The van der Waals surface area contributed by atoms with Gasteiger partial charge in [-0.05, 0) is 41.4 Å². The van der Waals surface area contributed by atoms with Crippen molar-refractivity contribution in [1.82, 2.24) is 10.2 Å². The van der Waals surface area contributed by atoms with Crippen LogP contribution in [-0.2, 0) is 0 Å². The summed E-state index contributed by atoms with van der Waals surface area (Å²) in [6, 6.07) is 0. The number of thioether (sulfide) groups is 1. The number of halogens is 1. The Hall–Kier alpha value is -0.490. The minimum absolute atomic E-state index is 0.200. The molecule has 16 heavy (non-hydrogen) atoms. The van der Waals surface area contributed by atoms with Gasteiger partial charge >= 0.3 is 0 Å². The zero-order valence-corrected chi connectivity index (χ0v) is 11.4. The molecule has 0 radical (unpaired) electrons. The first-order chi connectivity index (χ1) is 7.61. The van der Waals surface area contributed by atoms with Crippen LogP contribution in [0.2, 0.25) is 0 Å². The molecule has 0 bridgehead atoms.